The van der Waals surface area contributed by atoms with E-state index in [4.69, 9.17) is 4.42 Å². The average molecular weight is 278 g/mol. The van der Waals surface area contributed by atoms with Gasteiger partial charge in [-0.2, -0.15) is 0 Å². The van der Waals surface area contributed by atoms with E-state index < -0.39 is 0 Å². The Morgan fingerprint density at radius 1 is 1.40 bits per heavy atom. The van der Waals surface area contributed by atoms with Crippen molar-refractivity contribution in [3.8, 4) is 0 Å². The molecule has 112 valence electrons. The van der Waals surface area contributed by atoms with Gasteiger partial charge in [-0.25, -0.2) is 0 Å². The molecule has 1 amide bonds. The van der Waals surface area contributed by atoms with Crippen molar-refractivity contribution in [1.82, 2.24) is 10.2 Å². The van der Waals surface area contributed by atoms with Gasteiger partial charge in [0, 0.05) is 32.0 Å². The van der Waals surface area contributed by atoms with Gasteiger partial charge in [0.05, 0.1) is 6.54 Å². The first-order chi connectivity index (χ1) is 9.70. The van der Waals surface area contributed by atoms with Crippen molar-refractivity contribution in [2.75, 3.05) is 13.1 Å². The monoisotopic (exact) mass is 278 g/mol. The molecule has 0 aliphatic carbocycles. The molecule has 0 aromatic carbocycles. The van der Waals surface area contributed by atoms with E-state index in [2.05, 4.69) is 19.2 Å². The van der Waals surface area contributed by atoms with E-state index in [-0.39, 0.29) is 5.91 Å². The molecule has 1 aromatic heterocycles. The summed E-state index contributed by atoms with van der Waals surface area (Å²) >= 11 is 0. The van der Waals surface area contributed by atoms with Crippen molar-refractivity contribution in [2.45, 2.75) is 58.5 Å². The fraction of sp³-hybridized carbons (Fsp3) is 0.688. The summed E-state index contributed by atoms with van der Waals surface area (Å²) in [6.45, 7) is 6.57. The summed E-state index contributed by atoms with van der Waals surface area (Å²) in [5.74, 6) is 2.24. The average Bonchev–Trinajstić information content (AvgIpc) is 2.92. The van der Waals surface area contributed by atoms with Gasteiger partial charge in [-0.1, -0.05) is 6.92 Å². The molecule has 2 rings (SSSR count). The molecule has 1 saturated heterocycles. The van der Waals surface area contributed by atoms with Gasteiger partial charge in [0.25, 0.3) is 0 Å². The lowest BCUT2D eigenvalue weighted by atomic mass is 10.0. The van der Waals surface area contributed by atoms with E-state index in [9.17, 15) is 4.79 Å². The van der Waals surface area contributed by atoms with E-state index in [1.165, 1.54) is 6.42 Å². The number of carbonyl (C=O) groups is 1. The number of nitrogens with one attached hydrogen (secondary N) is 1. The van der Waals surface area contributed by atoms with Crippen LogP contribution in [0.4, 0.5) is 0 Å². The minimum Gasteiger partial charge on any atom is -0.465 e. The predicted octanol–water partition coefficient (Wildman–Crippen LogP) is 2.72. The van der Waals surface area contributed by atoms with Gasteiger partial charge in [-0.15, -0.1) is 0 Å². The Morgan fingerprint density at radius 2 is 2.20 bits per heavy atom. The molecule has 20 heavy (non-hydrogen) atoms. The summed E-state index contributed by atoms with van der Waals surface area (Å²) in [7, 11) is 0. The van der Waals surface area contributed by atoms with Crippen LogP contribution in [0.2, 0.25) is 0 Å². The van der Waals surface area contributed by atoms with Crippen LogP contribution in [0.5, 0.6) is 0 Å². The summed E-state index contributed by atoms with van der Waals surface area (Å²) < 4.78 is 5.62. The number of furan rings is 1. The fourth-order valence-corrected chi connectivity index (χ4v) is 2.73. The van der Waals surface area contributed by atoms with Gasteiger partial charge in [-0.3, -0.25) is 4.79 Å². The first-order valence-corrected chi connectivity index (χ1v) is 7.78. The molecule has 4 heteroatoms. The molecule has 0 bridgehead atoms. The Balaban J connectivity index is 1.66. The van der Waals surface area contributed by atoms with E-state index in [1.54, 1.807) is 0 Å². The van der Waals surface area contributed by atoms with Crippen LogP contribution in [-0.4, -0.2) is 29.9 Å². The molecule has 0 radical (unpaired) electrons. The van der Waals surface area contributed by atoms with Crippen LogP contribution < -0.4 is 5.32 Å². The highest BCUT2D eigenvalue weighted by Crippen LogP contribution is 2.17. The van der Waals surface area contributed by atoms with Crippen molar-refractivity contribution in [1.29, 1.82) is 0 Å². The van der Waals surface area contributed by atoms with Gasteiger partial charge >= 0.3 is 0 Å². The Kier molecular flexibility index (Phi) is 5.65. The number of piperidine rings is 1. The quantitative estimate of drug-likeness (QED) is 0.814. The Hall–Kier alpha value is -1.29. The largest absolute Gasteiger partial charge is 0.465 e. The predicted molar refractivity (Wildman–Crippen MR) is 79.4 cm³/mol. The first kappa shape index (κ1) is 15.1. The lowest BCUT2D eigenvalue weighted by molar-refractivity contribution is -0.134. The second-order valence-corrected chi connectivity index (χ2v) is 5.58. The summed E-state index contributed by atoms with van der Waals surface area (Å²) in [6.07, 6.45) is 5.04. The lowest BCUT2D eigenvalue weighted by Gasteiger charge is -2.33. The molecule has 1 atom stereocenters. The highest BCUT2D eigenvalue weighted by atomic mass is 16.3. The zero-order valence-corrected chi connectivity index (χ0v) is 12.7. The maximum absolute atomic E-state index is 12.1. The Morgan fingerprint density at radius 3 is 2.90 bits per heavy atom. The Labute approximate surface area is 121 Å². The number of carbonyl (C=O) groups excluding carboxylic acids is 1. The maximum atomic E-state index is 12.1. The molecule has 1 aliphatic rings. The number of hydrogen-bond donors (Lipinski definition) is 1. The number of nitrogens with zero attached hydrogens (tertiary/aromatic N) is 1. The third-order valence-electron chi connectivity index (χ3n) is 4.00. The summed E-state index contributed by atoms with van der Waals surface area (Å²) in [6, 6.07) is 4.42. The van der Waals surface area contributed by atoms with Crippen molar-refractivity contribution in [3.05, 3.63) is 23.7 Å². The number of hydrogen-bond acceptors (Lipinski definition) is 3. The summed E-state index contributed by atoms with van der Waals surface area (Å²) in [5.41, 5.74) is 0. The number of rotatable bonds is 6. The molecule has 1 aromatic rings. The lowest BCUT2D eigenvalue weighted by Crippen LogP contribution is -2.42. The van der Waals surface area contributed by atoms with Crippen LogP contribution in [0.25, 0.3) is 0 Å². The zero-order chi connectivity index (χ0) is 14.4. The third kappa shape index (κ3) is 4.10. The molecule has 4 nitrogen and oxygen atoms in total. The topological polar surface area (TPSA) is 45.5 Å². The molecule has 0 saturated carbocycles. The third-order valence-corrected chi connectivity index (χ3v) is 4.00. The van der Waals surface area contributed by atoms with Crippen LogP contribution in [0.3, 0.4) is 0 Å². The summed E-state index contributed by atoms with van der Waals surface area (Å²) in [5, 5.41) is 3.28. The van der Waals surface area contributed by atoms with Crippen LogP contribution in [0.1, 0.15) is 51.1 Å². The van der Waals surface area contributed by atoms with Gasteiger partial charge in [-0.05, 0) is 38.3 Å². The Bertz CT molecular complexity index is 428. The van der Waals surface area contributed by atoms with Gasteiger partial charge < -0.3 is 14.6 Å². The van der Waals surface area contributed by atoms with Crippen LogP contribution in [0.15, 0.2) is 16.5 Å². The number of likely N-dealkylation sites (tertiary alicyclic amines) is 1. The van der Waals surface area contributed by atoms with Crippen molar-refractivity contribution >= 4 is 5.91 Å². The summed E-state index contributed by atoms with van der Waals surface area (Å²) in [4.78, 5) is 14.2. The smallest absolute Gasteiger partial charge is 0.224 e. The van der Waals surface area contributed by atoms with E-state index in [0.717, 1.165) is 37.3 Å². The molecule has 1 aliphatic heterocycles. The molecule has 0 unspecified atom stereocenters. The second-order valence-electron chi connectivity index (χ2n) is 5.58. The SMILES string of the molecule is CCc1ccc(CNCCC(=O)N2CCCC[C@@H]2C)o1. The maximum Gasteiger partial charge on any atom is 0.224 e. The van der Waals surface area contributed by atoms with Crippen molar-refractivity contribution < 1.29 is 9.21 Å². The van der Waals surface area contributed by atoms with Crippen LogP contribution in [0, 0.1) is 0 Å². The number of amides is 1. The first-order valence-electron chi connectivity index (χ1n) is 7.78. The van der Waals surface area contributed by atoms with E-state index >= 15 is 0 Å². The standard InChI is InChI=1S/C16H26N2O2/c1-3-14-7-8-15(20-14)12-17-10-9-16(19)18-11-5-4-6-13(18)2/h7-8,13,17H,3-6,9-12H2,1-2H3/t13-/m0/s1. The molecule has 0 spiro atoms. The minimum absolute atomic E-state index is 0.276. The second kappa shape index (κ2) is 7.48. The molecular weight excluding hydrogens is 252 g/mol. The highest BCUT2D eigenvalue weighted by molar-refractivity contribution is 5.76. The van der Waals surface area contributed by atoms with Crippen LogP contribution in [-0.2, 0) is 17.8 Å². The molecular formula is C16H26N2O2. The van der Waals surface area contributed by atoms with E-state index in [1.807, 2.05) is 17.0 Å². The number of aryl methyl sites for hydroxylation is 1. The van der Waals surface area contributed by atoms with Crippen molar-refractivity contribution in [3.63, 3.8) is 0 Å². The molecule has 2 heterocycles. The van der Waals surface area contributed by atoms with Crippen LogP contribution >= 0.6 is 0 Å². The van der Waals surface area contributed by atoms with Gasteiger partial charge in [0.2, 0.25) is 5.91 Å². The minimum atomic E-state index is 0.276. The fourth-order valence-electron chi connectivity index (χ4n) is 2.73. The normalized spacial score (nSPS) is 19.3. The zero-order valence-electron chi connectivity index (χ0n) is 12.7. The van der Waals surface area contributed by atoms with Gasteiger partial charge in [0.15, 0.2) is 0 Å². The van der Waals surface area contributed by atoms with E-state index in [0.29, 0.717) is 25.6 Å². The molecule has 1 fully saturated rings. The van der Waals surface area contributed by atoms with Crippen molar-refractivity contribution in [2.24, 2.45) is 0 Å². The molecule has 1 N–H and O–H groups in total. The van der Waals surface area contributed by atoms with Gasteiger partial charge in [0.1, 0.15) is 11.5 Å². The highest BCUT2D eigenvalue weighted by Gasteiger charge is 2.22.